The molecule has 0 radical (unpaired) electrons. The lowest BCUT2D eigenvalue weighted by atomic mass is 9.78. The molecule has 1 aliphatic heterocycles. The highest BCUT2D eigenvalue weighted by atomic mass is 14.9. The third kappa shape index (κ3) is 1.82. The lowest BCUT2D eigenvalue weighted by Gasteiger charge is -2.34. The minimum absolute atomic E-state index is 0.751. The molecule has 1 N–H and O–H groups in total. The largest absolute Gasteiger partial charge is 0.316 e. The molecule has 2 heteroatoms. The van der Waals surface area contributed by atoms with Crippen molar-refractivity contribution >= 4 is 5.57 Å². The van der Waals surface area contributed by atoms with E-state index >= 15 is 0 Å². The van der Waals surface area contributed by atoms with Gasteiger partial charge in [-0.1, -0.05) is 6.08 Å². The Kier molecular flexibility index (Phi) is 2.29. The lowest BCUT2D eigenvalue weighted by molar-refractivity contribution is 0.317. The maximum atomic E-state index is 4.07. The number of hydrogen-bond donors (Lipinski definition) is 1. The molecule has 15 heavy (non-hydrogen) atoms. The van der Waals surface area contributed by atoms with Crippen LogP contribution in [0.2, 0.25) is 0 Å². The summed E-state index contributed by atoms with van der Waals surface area (Å²) in [7, 11) is 0. The van der Waals surface area contributed by atoms with Crippen molar-refractivity contribution in [2.45, 2.75) is 12.8 Å². The maximum absolute atomic E-state index is 4.07. The Labute approximate surface area is 90.4 Å². The molecule has 2 bridgehead atoms. The summed E-state index contributed by atoms with van der Waals surface area (Å²) in [5.41, 5.74) is 2.89. The minimum Gasteiger partial charge on any atom is -0.316 e. The molecule has 1 fully saturated rings. The summed E-state index contributed by atoms with van der Waals surface area (Å²) < 4.78 is 0. The van der Waals surface area contributed by atoms with Gasteiger partial charge in [0.1, 0.15) is 0 Å². The smallest absolute Gasteiger partial charge is 0.0273 e. The van der Waals surface area contributed by atoms with Gasteiger partial charge in [-0.15, -0.1) is 0 Å². The van der Waals surface area contributed by atoms with Crippen LogP contribution in [0.25, 0.3) is 5.57 Å². The molecule has 0 spiro atoms. The highest BCUT2D eigenvalue weighted by molar-refractivity contribution is 5.66. The molecule has 1 saturated heterocycles. The number of fused-ring (bicyclic) bond motifs is 2. The fourth-order valence-electron chi connectivity index (χ4n) is 2.79. The number of nitrogens with zero attached hydrogens (tertiary/aromatic N) is 1. The highest BCUT2D eigenvalue weighted by Crippen LogP contribution is 2.35. The summed E-state index contributed by atoms with van der Waals surface area (Å²) in [6.45, 7) is 2.35. The second kappa shape index (κ2) is 3.78. The first-order chi connectivity index (χ1) is 7.42. The molecule has 2 unspecified atom stereocenters. The van der Waals surface area contributed by atoms with Crippen LogP contribution in [0.15, 0.2) is 30.6 Å². The fraction of sp³-hybridized carbons (Fsp3) is 0.462. The fourth-order valence-corrected chi connectivity index (χ4v) is 2.79. The van der Waals surface area contributed by atoms with Gasteiger partial charge in [-0.25, -0.2) is 0 Å². The maximum Gasteiger partial charge on any atom is 0.0273 e. The van der Waals surface area contributed by atoms with Crippen molar-refractivity contribution in [1.29, 1.82) is 0 Å². The van der Waals surface area contributed by atoms with Gasteiger partial charge in [-0.05, 0) is 54.5 Å². The predicted molar refractivity (Wildman–Crippen MR) is 61.3 cm³/mol. The number of hydrogen-bond acceptors (Lipinski definition) is 2. The van der Waals surface area contributed by atoms with Crippen molar-refractivity contribution < 1.29 is 0 Å². The molecule has 2 aliphatic rings. The topological polar surface area (TPSA) is 24.9 Å². The van der Waals surface area contributed by atoms with E-state index in [1.807, 2.05) is 12.4 Å². The third-order valence-corrected chi connectivity index (χ3v) is 3.47. The van der Waals surface area contributed by atoms with Gasteiger partial charge in [0.25, 0.3) is 0 Å². The number of nitrogens with one attached hydrogen (secondary N) is 1. The molecule has 0 saturated carbocycles. The third-order valence-electron chi connectivity index (χ3n) is 3.47. The molecule has 2 nitrogen and oxygen atoms in total. The van der Waals surface area contributed by atoms with E-state index in [1.54, 1.807) is 0 Å². The molecule has 2 heterocycles. The Morgan fingerprint density at radius 1 is 1.20 bits per heavy atom. The molecular formula is C13H16N2. The van der Waals surface area contributed by atoms with E-state index in [0.29, 0.717) is 0 Å². The number of rotatable bonds is 1. The Bertz CT molecular complexity index is 369. The number of aromatic nitrogens is 1. The summed E-state index contributed by atoms with van der Waals surface area (Å²) in [4.78, 5) is 4.07. The number of allylic oxidation sites excluding steroid dienone is 1. The molecule has 2 atom stereocenters. The normalized spacial score (nSPS) is 29.7. The first kappa shape index (κ1) is 9.10. The van der Waals surface area contributed by atoms with Crippen molar-refractivity contribution in [2.75, 3.05) is 13.1 Å². The average Bonchev–Trinajstić information content (AvgIpc) is 2.30. The van der Waals surface area contributed by atoms with E-state index in [2.05, 4.69) is 28.5 Å². The second-order valence-electron chi connectivity index (χ2n) is 4.65. The van der Waals surface area contributed by atoms with E-state index in [1.165, 1.54) is 30.5 Å². The summed E-state index contributed by atoms with van der Waals surface area (Å²) in [5.74, 6) is 1.59. The molecule has 1 aromatic heterocycles. The molecule has 0 amide bonds. The van der Waals surface area contributed by atoms with Crippen molar-refractivity contribution in [3.05, 3.63) is 36.2 Å². The average molecular weight is 200 g/mol. The Balaban J connectivity index is 1.91. The van der Waals surface area contributed by atoms with Gasteiger partial charge in [0, 0.05) is 18.9 Å². The predicted octanol–water partition coefficient (Wildman–Crippen LogP) is 2.09. The summed E-state index contributed by atoms with van der Waals surface area (Å²) in [6, 6.07) is 4.25. The monoisotopic (exact) mass is 200 g/mol. The van der Waals surface area contributed by atoms with Crippen LogP contribution >= 0.6 is 0 Å². The van der Waals surface area contributed by atoms with Gasteiger partial charge in [0.2, 0.25) is 0 Å². The van der Waals surface area contributed by atoms with Crippen molar-refractivity contribution in [3.63, 3.8) is 0 Å². The van der Waals surface area contributed by atoms with Crippen LogP contribution in [-0.2, 0) is 0 Å². The zero-order valence-electron chi connectivity index (χ0n) is 8.82. The van der Waals surface area contributed by atoms with Crippen LogP contribution in [-0.4, -0.2) is 18.1 Å². The van der Waals surface area contributed by atoms with Crippen molar-refractivity contribution in [2.24, 2.45) is 11.8 Å². The molecule has 3 rings (SSSR count). The summed E-state index contributed by atoms with van der Waals surface area (Å²) >= 11 is 0. The van der Waals surface area contributed by atoms with E-state index in [4.69, 9.17) is 0 Å². The van der Waals surface area contributed by atoms with Crippen LogP contribution in [0.5, 0.6) is 0 Å². The Morgan fingerprint density at radius 2 is 2.07 bits per heavy atom. The van der Waals surface area contributed by atoms with Crippen LogP contribution < -0.4 is 5.32 Å². The quantitative estimate of drug-likeness (QED) is 0.751. The standard InChI is InChI=1S/C13H16N2/c1-3-14-4-2-12(1)13-6-10-5-11(7-13)9-15-8-10/h1-4,6,10-11,15H,5,7-9H2. The molecule has 0 aromatic carbocycles. The Hall–Kier alpha value is -1.15. The van der Waals surface area contributed by atoms with Crippen LogP contribution in [0.4, 0.5) is 0 Å². The first-order valence-corrected chi connectivity index (χ1v) is 5.73. The number of pyridine rings is 1. The lowest BCUT2D eigenvalue weighted by Crippen LogP contribution is -2.37. The molecule has 1 aromatic rings. The van der Waals surface area contributed by atoms with E-state index in [0.717, 1.165) is 18.4 Å². The molecule has 1 aliphatic carbocycles. The van der Waals surface area contributed by atoms with Crippen molar-refractivity contribution in [1.82, 2.24) is 10.3 Å². The van der Waals surface area contributed by atoms with Gasteiger partial charge in [-0.3, -0.25) is 4.98 Å². The van der Waals surface area contributed by atoms with Crippen LogP contribution in [0.3, 0.4) is 0 Å². The van der Waals surface area contributed by atoms with E-state index in [-0.39, 0.29) is 0 Å². The van der Waals surface area contributed by atoms with Crippen LogP contribution in [0.1, 0.15) is 18.4 Å². The zero-order valence-corrected chi connectivity index (χ0v) is 8.82. The first-order valence-electron chi connectivity index (χ1n) is 5.73. The Morgan fingerprint density at radius 3 is 2.87 bits per heavy atom. The minimum atomic E-state index is 0.751. The van der Waals surface area contributed by atoms with Gasteiger partial charge >= 0.3 is 0 Å². The SMILES string of the molecule is C1=C(c2ccncc2)CC2CNCC1C2. The highest BCUT2D eigenvalue weighted by Gasteiger charge is 2.26. The molecule has 78 valence electrons. The van der Waals surface area contributed by atoms with Gasteiger partial charge in [0.05, 0.1) is 0 Å². The number of piperidine rings is 1. The zero-order chi connectivity index (χ0) is 10.1. The van der Waals surface area contributed by atoms with E-state index in [9.17, 15) is 0 Å². The summed E-state index contributed by atoms with van der Waals surface area (Å²) in [5, 5.41) is 3.50. The van der Waals surface area contributed by atoms with Gasteiger partial charge < -0.3 is 5.32 Å². The van der Waals surface area contributed by atoms with Gasteiger partial charge in [0.15, 0.2) is 0 Å². The second-order valence-corrected chi connectivity index (χ2v) is 4.65. The van der Waals surface area contributed by atoms with Gasteiger partial charge in [-0.2, -0.15) is 0 Å². The van der Waals surface area contributed by atoms with Crippen molar-refractivity contribution in [3.8, 4) is 0 Å². The summed E-state index contributed by atoms with van der Waals surface area (Å²) in [6.07, 6.45) is 8.84. The van der Waals surface area contributed by atoms with E-state index < -0.39 is 0 Å². The molecular weight excluding hydrogens is 184 g/mol. The van der Waals surface area contributed by atoms with Crippen LogP contribution in [0, 0.1) is 11.8 Å².